The van der Waals surface area contributed by atoms with E-state index in [4.69, 9.17) is 4.98 Å². The van der Waals surface area contributed by atoms with Gasteiger partial charge in [0, 0.05) is 22.1 Å². The minimum Gasteiger partial charge on any atom is -0.321 e. The number of aromatic nitrogens is 1. The minimum atomic E-state index is -0.290. The first kappa shape index (κ1) is 21.3. The van der Waals surface area contributed by atoms with E-state index in [1.807, 2.05) is 91.9 Å². The van der Waals surface area contributed by atoms with Crippen LogP contribution in [0.3, 0.4) is 0 Å². The Morgan fingerprint density at radius 1 is 0.706 bits per heavy atom. The van der Waals surface area contributed by atoms with E-state index >= 15 is 0 Å². The smallest absolute Gasteiger partial charge is 0.256 e. The van der Waals surface area contributed by atoms with E-state index in [0.717, 1.165) is 22.0 Å². The van der Waals surface area contributed by atoms with E-state index in [1.165, 1.54) is 0 Å². The number of amides is 1. The molecule has 0 radical (unpaired) electrons. The molecule has 5 aromatic rings. The van der Waals surface area contributed by atoms with E-state index < -0.39 is 0 Å². The molecule has 0 saturated heterocycles. The highest BCUT2D eigenvalue weighted by Crippen LogP contribution is 2.27. The van der Waals surface area contributed by atoms with Crippen LogP contribution >= 0.6 is 0 Å². The number of rotatable bonds is 5. The van der Waals surface area contributed by atoms with Crippen LogP contribution in [0, 0.1) is 6.92 Å². The van der Waals surface area contributed by atoms with Crippen molar-refractivity contribution in [2.75, 3.05) is 5.32 Å². The van der Waals surface area contributed by atoms with Crippen molar-refractivity contribution in [2.24, 2.45) is 0 Å². The Morgan fingerprint density at radius 3 is 2.15 bits per heavy atom. The average molecular weight is 443 g/mol. The molecule has 4 nitrogen and oxygen atoms in total. The maximum Gasteiger partial charge on any atom is 0.256 e. The Labute approximate surface area is 197 Å². The van der Waals surface area contributed by atoms with E-state index in [1.54, 1.807) is 24.3 Å². The van der Waals surface area contributed by atoms with Gasteiger partial charge in [0.2, 0.25) is 0 Å². The third-order valence-electron chi connectivity index (χ3n) is 5.73. The number of hydrogen-bond acceptors (Lipinski definition) is 3. The fourth-order valence-electron chi connectivity index (χ4n) is 4.01. The number of ketones is 1. The van der Waals surface area contributed by atoms with Crippen LogP contribution in [0.2, 0.25) is 0 Å². The quantitative estimate of drug-likeness (QED) is 0.308. The van der Waals surface area contributed by atoms with E-state index in [-0.39, 0.29) is 11.7 Å². The second-order valence-electron chi connectivity index (χ2n) is 8.14. The molecule has 4 heteroatoms. The fourth-order valence-corrected chi connectivity index (χ4v) is 4.01. The molecule has 0 bridgehead atoms. The number of para-hydroxylation sites is 1. The third-order valence-corrected chi connectivity index (χ3v) is 5.73. The molecule has 1 aromatic heterocycles. The van der Waals surface area contributed by atoms with Crippen LogP contribution < -0.4 is 5.32 Å². The van der Waals surface area contributed by atoms with Gasteiger partial charge in [-0.25, -0.2) is 4.98 Å². The van der Waals surface area contributed by atoms with Gasteiger partial charge in [0.25, 0.3) is 5.91 Å². The molecule has 0 spiro atoms. The third kappa shape index (κ3) is 4.21. The van der Waals surface area contributed by atoms with Crippen molar-refractivity contribution in [3.8, 4) is 11.3 Å². The molecule has 0 saturated carbocycles. The molecule has 1 heterocycles. The summed E-state index contributed by atoms with van der Waals surface area (Å²) in [5.41, 5.74) is 5.34. The summed E-state index contributed by atoms with van der Waals surface area (Å²) in [5, 5.41) is 3.74. The summed E-state index contributed by atoms with van der Waals surface area (Å²) in [4.78, 5) is 31.5. The molecule has 0 aliphatic rings. The van der Waals surface area contributed by atoms with Gasteiger partial charge in [-0.15, -0.1) is 0 Å². The fraction of sp³-hybridized carbons (Fsp3) is 0.0333. The highest BCUT2D eigenvalue weighted by atomic mass is 16.2. The first-order valence-corrected chi connectivity index (χ1v) is 11.1. The van der Waals surface area contributed by atoms with Crippen LogP contribution in [0.25, 0.3) is 22.2 Å². The number of fused-ring (bicyclic) bond motifs is 1. The van der Waals surface area contributed by atoms with Gasteiger partial charge in [-0.3, -0.25) is 9.59 Å². The Kier molecular flexibility index (Phi) is 5.71. The van der Waals surface area contributed by atoms with Gasteiger partial charge in [-0.2, -0.15) is 0 Å². The van der Waals surface area contributed by atoms with Gasteiger partial charge in [0.1, 0.15) is 0 Å². The maximum atomic E-state index is 13.6. The topological polar surface area (TPSA) is 59.1 Å². The van der Waals surface area contributed by atoms with Crippen LogP contribution in [0.4, 0.5) is 5.69 Å². The minimum absolute atomic E-state index is 0.135. The number of pyridine rings is 1. The molecule has 1 amide bonds. The van der Waals surface area contributed by atoms with Crippen molar-refractivity contribution in [3.63, 3.8) is 0 Å². The van der Waals surface area contributed by atoms with Gasteiger partial charge >= 0.3 is 0 Å². The lowest BCUT2D eigenvalue weighted by molar-refractivity contribution is 0.102. The van der Waals surface area contributed by atoms with Gasteiger partial charge in [-0.05, 0) is 31.2 Å². The lowest BCUT2D eigenvalue weighted by Gasteiger charge is -2.14. The van der Waals surface area contributed by atoms with Crippen LogP contribution in [0.1, 0.15) is 31.8 Å². The van der Waals surface area contributed by atoms with Gasteiger partial charge in [0.15, 0.2) is 5.78 Å². The predicted molar refractivity (Wildman–Crippen MR) is 136 cm³/mol. The Morgan fingerprint density at radius 2 is 1.38 bits per heavy atom. The normalized spacial score (nSPS) is 10.7. The van der Waals surface area contributed by atoms with Crippen molar-refractivity contribution >= 4 is 28.3 Å². The molecule has 0 fully saturated rings. The summed E-state index contributed by atoms with van der Waals surface area (Å²) in [6, 6.07) is 33.7. The molecular formula is C30H22N2O2. The van der Waals surface area contributed by atoms with Crippen molar-refractivity contribution in [3.05, 3.63) is 131 Å². The van der Waals surface area contributed by atoms with Crippen LogP contribution in [-0.2, 0) is 0 Å². The number of benzene rings is 4. The molecule has 0 aliphatic carbocycles. The summed E-state index contributed by atoms with van der Waals surface area (Å²) in [7, 11) is 0. The standard InChI is InChI=1S/C30H22N2O2/c1-20-16-17-27(25(18-20)29(33)22-12-6-3-7-13-22)32-30(34)24-19-28(21-10-4-2-5-11-21)31-26-15-9-8-14-23(24)26/h2-19H,1H3,(H,32,34). The Hall–Kier alpha value is -4.57. The zero-order chi connectivity index (χ0) is 23.5. The molecular weight excluding hydrogens is 420 g/mol. The SMILES string of the molecule is Cc1ccc(NC(=O)c2cc(-c3ccccc3)nc3ccccc23)c(C(=O)c2ccccc2)c1. The molecule has 4 aromatic carbocycles. The highest BCUT2D eigenvalue weighted by Gasteiger charge is 2.19. The lowest BCUT2D eigenvalue weighted by Crippen LogP contribution is -2.16. The second-order valence-corrected chi connectivity index (χ2v) is 8.14. The number of carbonyl (C=O) groups excluding carboxylic acids is 2. The second kappa shape index (κ2) is 9.12. The zero-order valence-corrected chi connectivity index (χ0v) is 18.7. The van der Waals surface area contributed by atoms with Crippen LogP contribution in [0.5, 0.6) is 0 Å². The number of carbonyl (C=O) groups is 2. The summed E-state index contributed by atoms with van der Waals surface area (Å²) in [5.74, 6) is -0.425. The van der Waals surface area contributed by atoms with Crippen LogP contribution in [0.15, 0.2) is 109 Å². The number of nitrogens with one attached hydrogen (secondary N) is 1. The lowest BCUT2D eigenvalue weighted by atomic mass is 9.99. The Balaban J connectivity index is 1.57. The Bertz CT molecular complexity index is 1510. The summed E-state index contributed by atoms with van der Waals surface area (Å²) < 4.78 is 0. The van der Waals surface area contributed by atoms with Crippen LogP contribution in [-0.4, -0.2) is 16.7 Å². The summed E-state index contributed by atoms with van der Waals surface area (Å²) in [6.45, 7) is 1.93. The van der Waals surface area contributed by atoms with Crippen molar-refractivity contribution in [1.82, 2.24) is 4.98 Å². The first-order valence-electron chi connectivity index (χ1n) is 11.1. The number of hydrogen-bond donors (Lipinski definition) is 1. The monoisotopic (exact) mass is 442 g/mol. The highest BCUT2D eigenvalue weighted by molar-refractivity contribution is 6.18. The van der Waals surface area contributed by atoms with E-state index in [9.17, 15) is 9.59 Å². The maximum absolute atomic E-state index is 13.6. The predicted octanol–water partition coefficient (Wildman–Crippen LogP) is 6.69. The summed E-state index contributed by atoms with van der Waals surface area (Å²) >= 11 is 0. The van der Waals surface area contributed by atoms with E-state index in [0.29, 0.717) is 28.1 Å². The largest absolute Gasteiger partial charge is 0.321 e. The molecule has 5 rings (SSSR count). The van der Waals surface area contributed by atoms with Crippen molar-refractivity contribution < 1.29 is 9.59 Å². The molecule has 0 atom stereocenters. The number of nitrogens with zero attached hydrogens (tertiary/aromatic N) is 1. The molecule has 0 aliphatic heterocycles. The number of aryl methyl sites for hydroxylation is 1. The molecule has 0 unspecified atom stereocenters. The zero-order valence-electron chi connectivity index (χ0n) is 18.7. The average Bonchev–Trinajstić information content (AvgIpc) is 2.89. The molecule has 34 heavy (non-hydrogen) atoms. The van der Waals surface area contributed by atoms with E-state index in [2.05, 4.69) is 5.32 Å². The molecule has 164 valence electrons. The number of anilines is 1. The van der Waals surface area contributed by atoms with Crippen molar-refractivity contribution in [2.45, 2.75) is 6.92 Å². The van der Waals surface area contributed by atoms with Gasteiger partial charge in [0.05, 0.1) is 22.5 Å². The summed E-state index contributed by atoms with van der Waals surface area (Å²) in [6.07, 6.45) is 0. The van der Waals surface area contributed by atoms with Gasteiger partial charge in [-0.1, -0.05) is 90.5 Å². The van der Waals surface area contributed by atoms with Gasteiger partial charge < -0.3 is 5.32 Å². The molecule has 1 N–H and O–H groups in total. The van der Waals surface area contributed by atoms with Crippen molar-refractivity contribution in [1.29, 1.82) is 0 Å². The first-order chi connectivity index (χ1) is 16.6.